The smallest absolute Gasteiger partial charge is 0.317 e. The predicted octanol–water partition coefficient (Wildman–Crippen LogP) is 2.94. The number of nitrogens with one attached hydrogen (secondary N) is 1. The van der Waals surface area contributed by atoms with Crippen LogP contribution in [0.5, 0.6) is 0 Å². The van der Waals surface area contributed by atoms with E-state index in [0.29, 0.717) is 19.0 Å². The molecule has 1 aromatic rings. The minimum Gasteiger partial charge on any atom is -0.338 e. The van der Waals surface area contributed by atoms with Gasteiger partial charge in [-0.2, -0.15) is 0 Å². The number of aromatic nitrogens is 1. The zero-order valence-electron chi connectivity index (χ0n) is 16.0. The highest BCUT2D eigenvalue weighted by Gasteiger charge is 2.41. The maximum atomic E-state index is 12.5. The van der Waals surface area contributed by atoms with Gasteiger partial charge in [0.1, 0.15) is 0 Å². The summed E-state index contributed by atoms with van der Waals surface area (Å²) in [5.74, 6) is 0.249. The SMILES string of the molecule is O=C1CCC2(CCN(C(=O)NC3CCCC3)CC2)CN1Cc1ccncc1. The molecule has 1 spiro atoms. The van der Waals surface area contributed by atoms with Gasteiger partial charge < -0.3 is 15.1 Å². The van der Waals surface area contributed by atoms with Gasteiger partial charge in [0.15, 0.2) is 0 Å². The Labute approximate surface area is 161 Å². The second-order valence-corrected chi connectivity index (χ2v) is 8.52. The van der Waals surface area contributed by atoms with E-state index in [-0.39, 0.29) is 17.4 Å². The third-order valence-corrected chi connectivity index (χ3v) is 6.67. The van der Waals surface area contributed by atoms with Gasteiger partial charge in [-0.3, -0.25) is 9.78 Å². The Morgan fingerprint density at radius 1 is 1.15 bits per heavy atom. The van der Waals surface area contributed by atoms with Gasteiger partial charge in [0, 0.05) is 51.0 Å². The van der Waals surface area contributed by atoms with Gasteiger partial charge in [-0.15, -0.1) is 0 Å². The molecule has 146 valence electrons. The van der Waals surface area contributed by atoms with Gasteiger partial charge in [-0.25, -0.2) is 4.79 Å². The fourth-order valence-electron chi connectivity index (χ4n) is 4.88. The van der Waals surface area contributed by atoms with Crippen molar-refractivity contribution in [2.45, 2.75) is 64.0 Å². The summed E-state index contributed by atoms with van der Waals surface area (Å²) in [5.41, 5.74) is 1.30. The first-order valence-corrected chi connectivity index (χ1v) is 10.4. The van der Waals surface area contributed by atoms with Crippen molar-refractivity contribution < 1.29 is 9.59 Å². The summed E-state index contributed by atoms with van der Waals surface area (Å²) >= 11 is 0. The highest BCUT2D eigenvalue weighted by Crippen LogP contribution is 2.40. The fraction of sp³-hybridized carbons (Fsp3) is 0.667. The van der Waals surface area contributed by atoms with Crippen molar-refractivity contribution in [3.8, 4) is 0 Å². The molecule has 0 bridgehead atoms. The number of hydrogen-bond acceptors (Lipinski definition) is 3. The Hall–Kier alpha value is -2.11. The van der Waals surface area contributed by atoms with Crippen LogP contribution in [0.25, 0.3) is 0 Å². The molecule has 1 aliphatic carbocycles. The van der Waals surface area contributed by atoms with E-state index in [1.165, 1.54) is 12.8 Å². The largest absolute Gasteiger partial charge is 0.338 e. The zero-order chi connectivity index (χ0) is 18.7. The van der Waals surface area contributed by atoms with Gasteiger partial charge in [0.25, 0.3) is 0 Å². The van der Waals surface area contributed by atoms with E-state index in [0.717, 1.165) is 57.3 Å². The molecule has 0 atom stereocenters. The molecule has 3 aliphatic rings. The van der Waals surface area contributed by atoms with E-state index < -0.39 is 0 Å². The summed E-state index contributed by atoms with van der Waals surface area (Å²) in [6, 6.07) is 4.43. The molecular weight excluding hydrogens is 340 g/mol. The maximum absolute atomic E-state index is 12.5. The van der Waals surface area contributed by atoms with Gasteiger partial charge >= 0.3 is 6.03 Å². The third-order valence-electron chi connectivity index (χ3n) is 6.67. The monoisotopic (exact) mass is 370 g/mol. The molecule has 1 aromatic heterocycles. The summed E-state index contributed by atoms with van der Waals surface area (Å²) in [6.45, 7) is 3.08. The molecule has 0 unspecified atom stereocenters. The van der Waals surface area contributed by atoms with Crippen molar-refractivity contribution in [2.75, 3.05) is 19.6 Å². The fourth-order valence-corrected chi connectivity index (χ4v) is 4.88. The predicted molar refractivity (Wildman–Crippen MR) is 103 cm³/mol. The molecule has 6 heteroatoms. The molecule has 3 amide bonds. The molecule has 0 aromatic carbocycles. The van der Waals surface area contributed by atoms with Crippen LogP contribution < -0.4 is 5.32 Å². The number of carbonyl (C=O) groups excluding carboxylic acids is 2. The van der Waals surface area contributed by atoms with Crippen LogP contribution in [0.2, 0.25) is 0 Å². The summed E-state index contributed by atoms with van der Waals surface area (Å²) in [6.07, 6.45) is 11.8. The van der Waals surface area contributed by atoms with Crippen molar-refractivity contribution in [1.82, 2.24) is 20.1 Å². The van der Waals surface area contributed by atoms with Crippen LogP contribution in [0.3, 0.4) is 0 Å². The van der Waals surface area contributed by atoms with E-state index in [4.69, 9.17) is 0 Å². The first-order chi connectivity index (χ1) is 13.1. The molecule has 1 N–H and O–H groups in total. The lowest BCUT2D eigenvalue weighted by atomic mass is 9.72. The van der Waals surface area contributed by atoms with Crippen LogP contribution in [0.15, 0.2) is 24.5 Å². The highest BCUT2D eigenvalue weighted by atomic mass is 16.2. The number of hydrogen-bond donors (Lipinski definition) is 1. The second kappa shape index (κ2) is 7.87. The summed E-state index contributed by atoms with van der Waals surface area (Å²) in [7, 11) is 0. The lowest BCUT2D eigenvalue weighted by Gasteiger charge is -2.47. The van der Waals surface area contributed by atoms with Crippen molar-refractivity contribution in [2.24, 2.45) is 5.41 Å². The summed E-state index contributed by atoms with van der Waals surface area (Å²) in [4.78, 5) is 33.0. The zero-order valence-corrected chi connectivity index (χ0v) is 16.0. The van der Waals surface area contributed by atoms with Crippen molar-refractivity contribution in [3.05, 3.63) is 30.1 Å². The number of pyridine rings is 1. The van der Waals surface area contributed by atoms with Crippen LogP contribution in [-0.2, 0) is 11.3 Å². The Morgan fingerprint density at radius 3 is 2.56 bits per heavy atom. The quantitative estimate of drug-likeness (QED) is 0.890. The summed E-state index contributed by atoms with van der Waals surface area (Å²) < 4.78 is 0. The van der Waals surface area contributed by atoms with Crippen LogP contribution in [0, 0.1) is 5.41 Å². The minimum absolute atomic E-state index is 0.109. The first kappa shape index (κ1) is 18.3. The van der Waals surface area contributed by atoms with Gasteiger partial charge in [-0.1, -0.05) is 12.8 Å². The Kier molecular flexibility index (Phi) is 5.32. The number of likely N-dealkylation sites (tertiary alicyclic amines) is 2. The number of urea groups is 1. The number of piperidine rings is 2. The van der Waals surface area contributed by atoms with Gasteiger partial charge in [0.05, 0.1) is 0 Å². The Balaban J connectivity index is 1.32. The first-order valence-electron chi connectivity index (χ1n) is 10.4. The number of amides is 3. The topological polar surface area (TPSA) is 65.5 Å². The molecule has 3 fully saturated rings. The van der Waals surface area contributed by atoms with E-state index in [2.05, 4.69) is 10.3 Å². The normalized spacial score (nSPS) is 23.0. The van der Waals surface area contributed by atoms with Gasteiger partial charge in [0.2, 0.25) is 5.91 Å². The van der Waals surface area contributed by atoms with Crippen LogP contribution in [0.1, 0.15) is 56.9 Å². The van der Waals surface area contributed by atoms with Crippen molar-refractivity contribution in [1.29, 1.82) is 0 Å². The van der Waals surface area contributed by atoms with E-state index in [1.807, 2.05) is 21.9 Å². The van der Waals surface area contributed by atoms with E-state index in [1.54, 1.807) is 12.4 Å². The lowest BCUT2D eigenvalue weighted by molar-refractivity contribution is -0.139. The number of carbonyl (C=O) groups is 2. The Bertz CT molecular complexity index is 664. The number of nitrogens with zero attached hydrogens (tertiary/aromatic N) is 3. The number of rotatable bonds is 3. The lowest BCUT2D eigenvalue weighted by Crippen LogP contribution is -2.54. The second-order valence-electron chi connectivity index (χ2n) is 8.52. The third kappa shape index (κ3) is 4.25. The van der Waals surface area contributed by atoms with E-state index in [9.17, 15) is 9.59 Å². The van der Waals surface area contributed by atoms with Gasteiger partial charge in [-0.05, 0) is 55.2 Å². The molecular formula is C21H30N4O2. The van der Waals surface area contributed by atoms with Crippen molar-refractivity contribution >= 4 is 11.9 Å². The molecule has 6 nitrogen and oxygen atoms in total. The molecule has 2 saturated heterocycles. The van der Waals surface area contributed by atoms with Crippen LogP contribution in [0.4, 0.5) is 4.79 Å². The van der Waals surface area contributed by atoms with Crippen LogP contribution in [-0.4, -0.2) is 52.4 Å². The minimum atomic E-state index is 0.109. The van der Waals surface area contributed by atoms with Crippen molar-refractivity contribution in [3.63, 3.8) is 0 Å². The van der Waals surface area contributed by atoms with E-state index >= 15 is 0 Å². The standard InChI is InChI=1S/C21H30N4O2/c26-19-5-8-21(16-25(19)15-17-6-11-22-12-7-17)9-13-24(14-10-21)20(27)23-18-3-1-2-4-18/h6-7,11-12,18H,1-5,8-10,13-16H2,(H,23,27). The average molecular weight is 370 g/mol. The molecule has 2 aliphatic heterocycles. The Morgan fingerprint density at radius 2 is 1.85 bits per heavy atom. The summed E-state index contributed by atoms with van der Waals surface area (Å²) in [5, 5.41) is 3.20. The molecule has 1 saturated carbocycles. The highest BCUT2D eigenvalue weighted by molar-refractivity contribution is 5.77. The van der Waals surface area contributed by atoms with Crippen LogP contribution >= 0.6 is 0 Å². The molecule has 4 rings (SSSR count). The molecule has 27 heavy (non-hydrogen) atoms. The molecule has 3 heterocycles. The molecule has 0 radical (unpaired) electrons. The average Bonchev–Trinajstić information content (AvgIpc) is 3.19. The maximum Gasteiger partial charge on any atom is 0.317 e.